The normalized spacial score (nSPS) is 11.8. The second-order valence-electron chi connectivity index (χ2n) is 27.1. The van der Waals surface area contributed by atoms with E-state index in [1.165, 1.54) is 217 Å². The standard InChI is InChI=1S/C16H22O3.2C14H20.2C12H16.C10H12.2C9H10/c1-18-13-7-2-3-8-14-19-16(17)12-11-15-9-5-4-6-10-15;1-2-3-4-5-6-12-7-8-13-9-10-14(13)11-12;1-3-5-6-7-9-14-11-8-10-13(4-2)12-14;1-2-3-4-10-5-6-11-7-8-12(11)9-10;1-3-5-7-12-9-6-8-11(4-2)10-12;1-2-8-3-4-9-5-6-10(9)7-8;1-7-2-3-8-4-5-9(8)6-7;1-3-9-6-4-5-8(2)7-9/h4-6,9-12H,2-3,7-8,13-14H2,1H3;7-8,11H,2-6,9-10H2,1H3;4,8,10-12H,2-3,5-7,9H2,1H3;5-6,9H,2-4,7-8H2,1H3;4,6,8-10H,2-3,5,7H2,1H3;3-4,7H,2,5-6H2,1H3;2-3,6H,4-5H2,1H3;3-7H,1H2,2H3/b12-11+;;;;;;;. The molecule has 0 saturated heterocycles. The molecule has 0 amide bonds. The fourth-order valence-electron chi connectivity index (χ4n) is 12.1. The molecule has 8 aromatic rings. The van der Waals surface area contributed by atoms with Gasteiger partial charge >= 0.3 is 5.97 Å². The molecule has 0 atom stereocenters. The van der Waals surface area contributed by atoms with Gasteiger partial charge in [-0.15, -0.1) is 0 Å². The number of hydrogen-bond acceptors (Lipinski definition) is 3. The number of benzene rings is 8. The number of esters is 1. The predicted molar refractivity (Wildman–Crippen MR) is 434 cm³/mol. The second kappa shape index (κ2) is 50.5. The topological polar surface area (TPSA) is 35.5 Å². The largest absolute Gasteiger partial charge is 0.463 e. The fraction of sp³-hybridized carbons (Fsp3) is 0.406. The number of fused-ring (bicyclic) bond motifs is 4. The number of methoxy groups -OCH3 is 1. The van der Waals surface area contributed by atoms with E-state index in [9.17, 15) is 4.79 Å². The van der Waals surface area contributed by atoms with Crippen LogP contribution in [0.2, 0.25) is 0 Å². The van der Waals surface area contributed by atoms with Gasteiger partial charge in [0.1, 0.15) is 0 Å². The Morgan fingerprint density at radius 2 is 0.717 bits per heavy atom. The van der Waals surface area contributed by atoms with E-state index in [4.69, 9.17) is 9.47 Å². The van der Waals surface area contributed by atoms with E-state index < -0.39 is 0 Å². The molecule has 8 aromatic carbocycles. The zero-order valence-electron chi connectivity index (χ0n) is 62.9. The molecule has 528 valence electrons. The van der Waals surface area contributed by atoms with Crippen molar-refractivity contribution in [2.75, 3.05) is 20.3 Å². The quantitative estimate of drug-likeness (QED) is 0.0266. The highest BCUT2D eigenvalue weighted by Crippen LogP contribution is 2.27. The van der Waals surface area contributed by atoms with Gasteiger partial charge in [-0.1, -0.05) is 317 Å². The first-order chi connectivity index (χ1) is 48.4. The monoisotopic (exact) mass is 1330 g/mol. The van der Waals surface area contributed by atoms with Gasteiger partial charge in [-0.25, -0.2) is 4.79 Å². The van der Waals surface area contributed by atoms with Crippen molar-refractivity contribution in [2.45, 2.75) is 235 Å². The zero-order chi connectivity index (χ0) is 70.9. The summed E-state index contributed by atoms with van der Waals surface area (Å²) in [6.45, 7) is 27.9. The van der Waals surface area contributed by atoms with Crippen molar-refractivity contribution in [2.24, 2.45) is 0 Å². The molecule has 0 unspecified atom stereocenters. The molecule has 4 aliphatic carbocycles. The lowest BCUT2D eigenvalue weighted by Crippen LogP contribution is -2.08. The molecule has 0 bridgehead atoms. The van der Waals surface area contributed by atoms with Crippen molar-refractivity contribution in [3.63, 3.8) is 0 Å². The minimum atomic E-state index is -0.277. The van der Waals surface area contributed by atoms with Crippen LogP contribution >= 0.6 is 0 Å². The first-order valence-electron chi connectivity index (χ1n) is 38.4. The molecule has 0 saturated carbocycles. The summed E-state index contributed by atoms with van der Waals surface area (Å²) in [6, 6.07) is 62.9. The Labute approximate surface area is 603 Å². The van der Waals surface area contributed by atoms with E-state index >= 15 is 0 Å². The van der Waals surface area contributed by atoms with Crippen molar-refractivity contribution >= 4 is 30.3 Å². The summed E-state index contributed by atoms with van der Waals surface area (Å²) >= 11 is 0. The smallest absolute Gasteiger partial charge is 0.330 e. The van der Waals surface area contributed by atoms with Crippen molar-refractivity contribution in [1.82, 2.24) is 0 Å². The SMILES string of the molecule is C=Cc1cccc(C)c1.C=Cc1cccc(CCCC)c1.C=Cc1cccc(CCCCCC)c1.CCCCCCc1ccc2c(c1)CC2.CCCCc1ccc2c(c1)CC2.CCc1ccc2c(c1)CC2.COCCCCCCOC(=O)/C=C/c1ccccc1.Cc1ccc2c(c1)CC2. The third kappa shape index (κ3) is 33.7. The molecule has 0 fully saturated rings. The lowest BCUT2D eigenvalue weighted by atomic mass is 9.86. The Morgan fingerprint density at radius 3 is 1.11 bits per heavy atom. The third-order valence-corrected chi connectivity index (χ3v) is 18.9. The summed E-state index contributed by atoms with van der Waals surface area (Å²) in [7, 11) is 1.71. The van der Waals surface area contributed by atoms with Crippen LogP contribution in [0, 0.1) is 13.8 Å². The van der Waals surface area contributed by atoms with Crippen LogP contribution in [-0.2, 0) is 97.7 Å². The van der Waals surface area contributed by atoms with Crippen molar-refractivity contribution in [3.8, 4) is 0 Å². The number of carbonyl (C=O) groups is 1. The minimum absolute atomic E-state index is 0.277. The van der Waals surface area contributed by atoms with Crippen LogP contribution in [0.4, 0.5) is 0 Å². The maximum Gasteiger partial charge on any atom is 0.330 e. The molecular weight excluding hydrogens is 1200 g/mol. The number of rotatable bonds is 29. The summed E-state index contributed by atoms with van der Waals surface area (Å²) in [6.07, 6.45) is 45.7. The molecule has 0 heterocycles. The molecule has 0 spiro atoms. The number of carbonyl (C=O) groups excluding carboxylic acids is 1. The Morgan fingerprint density at radius 1 is 0.343 bits per heavy atom. The first-order valence-corrected chi connectivity index (χ1v) is 38.4. The van der Waals surface area contributed by atoms with Crippen molar-refractivity contribution in [1.29, 1.82) is 0 Å². The van der Waals surface area contributed by atoms with Crippen LogP contribution in [0.5, 0.6) is 0 Å². The summed E-state index contributed by atoms with van der Waals surface area (Å²) in [5, 5.41) is 0. The van der Waals surface area contributed by atoms with Crippen LogP contribution in [0.15, 0.2) is 202 Å². The number of ether oxygens (including phenoxy) is 2. The third-order valence-electron chi connectivity index (χ3n) is 18.9. The molecule has 0 radical (unpaired) electrons. The maximum absolute atomic E-state index is 11.4. The Bertz CT molecular complexity index is 3580. The van der Waals surface area contributed by atoms with E-state index in [0.29, 0.717) is 6.61 Å². The van der Waals surface area contributed by atoms with Gasteiger partial charge in [0, 0.05) is 19.8 Å². The minimum Gasteiger partial charge on any atom is -0.463 e. The van der Waals surface area contributed by atoms with E-state index in [1.807, 2.05) is 60.7 Å². The zero-order valence-corrected chi connectivity index (χ0v) is 62.9. The van der Waals surface area contributed by atoms with Gasteiger partial charge in [-0.2, -0.15) is 0 Å². The molecule has 12 rings (SSSR count). The summed E-state index contributed by atoms with van der Waals surface area (Å²) in [4.78, 5) is 11.4. The number of aryl methyl sites for hydroxylation is 15. The Hall–Kier alpha value is -7.85. The molecule has 4 aliphatic rings. The lowest BCUT2D eigenvalue weighted by molar-refractivity contribution is -0.137. The predicted octanol–water partition coefficient (Wildman–Crippen LogP) is 25.7. The van der Waals surface area contributed by atoms with Gasteiger partial charge in [0.25, 0.3) is 0 Å². The summed E-state index contributed by atoms with van der Waals surface area (Å²) in [5.41, 5.74) is 27.4. The average Bonchev–Trinajstić information content (AvgIpc) is 0.850. The van der Waals surface area contributed by atoms with Crippen molar-refractivity contribution in [3.05, 3.63) is 307 Å². The van der Waals surface area contributed by atoms with Crippen LogP contribution in [-0.4, -0.2) is 26.3 Å². The molecular formula is C96H126O3. The van der Waals surface area contributed by atoms with E-state index in [1.54, 1.807) is 63.3 Å². The number of unbranched alkanes of at least 4 members (excludes halogenated alkanes) is 11. The molecule has 3 nitrogen and oxygen atoms in total. The highest BCUT2D eigenvalue weighted by atomic mass is 16.5. The van der Waals surface area contributed by atoms with Gasteiger partial charge in [0.05, 0.1) is 6.61 Å². The lowest BCUT2D eigenvalue weighted by Gasteiger charge is -2.19. The maximum atomic E-state index is 11.4. The van der Waals surface area contributed by atoms with Gasteiger partial charge < -0.3 is 9.47 Å². The van der Waals surface area contributed by atoms with Crippen LogP contribution in [0.3, 0.4) is 0 Å². The molecule has 99 heavy (non-hydrogen) atoms. The number of hydrogen-bond donors (Lipinski definition) is 0. The van der Waals surface area contributed by atoms with Crippen LogP contribution in [0.25, 0.3) is 24.3 Å². The Balaban J connectivity index is 0.000000206. The van der Waals surface area contributed by atoms with Gasteiger partial charge in [-0.05, 0) is 243 Å². The van der Waals surface area contributed by atoms with Crippen LogP contribution < -0.4 is 0 Å². The molecule has 0 aromatic heterocycles. The van der Waals surface area contributed by atoms with Gasteiger partial charge in [0.2, 0.25) is 0 Å². The van der Waals surface area contributed by atoms with E-state index in [-0.39, 0.29) is 5.97 Å². The second-order valence-corrected chi connectivity index (χ2v) is 27.1. The first kappa shape index (κ1) is 81.8. The fourth-order valence-corrected chi connectivity index (χ4v) is 12.1. The van der Waals surface area contributed by atoms with E-state index in [2.05, 4.69) is 202 Å². The molecule has 0 N–H and O–H groups in total. The Kier molecular flexibility index (Phi) is 41.7. The summed E-state index contributed by atoms with van der Waals surface area (Å²) < 4.78 is 10.1. The highest BCUT2D eigenvalue weighted by molar-refractivity contribution is 5.87. The molecule has 0 aliphatic heterocycles. The highest BCUT2D eigenvalue weighted by Gasteiger charge is 2.15. The average molecular weight is 1330 g/mol. The van der Waals surface area contributed by atoms with Crippen molar-refractivity contribution < 1.29 is 14.3 Å². The summed E-state index contributed by atoms with van der Waals surface area (Å²) in [5.74, 6) is -0.277. The molecule has 3 heteroatoms. The van der Waals surface area contributed by atoms with Crippen LogP contribution in [0.1, 0.15) is 243 Å². The van der Waals surface area contributed by atoms with E-state index in [0.717, 1.165) is 37.9 Å². The van der Waals surface area contributed by atoms with Gasteiger partial charge in [-0.3, -0.25) is 0 Å². The van der Waals surface area contributed by atoms with Gasteiger partial charge in [0.15, 0.2) is 0 Å².